The summed E-state index contributed by atoms with van der Waals surface area (Å²) in [4.78, 5) is 6.03. The Morgan fingerprint density at radius 3 is 2.47 bits per heavy atom. The van der Waals surface area contributed by atoms with Crippen LogP contribution in [-0.2, 0) is 10.3 Å². The molecule has 0 fully saturated rings. The van der Waals surface area contributed by atoms with Gasteiger partial charge in [-0.25, -0.2) is 4.98 Å². The molecular weight excluding hydrogens is 322 g/mol. The average Bonchev–Trinajstić information content (AvgIpc) is 2.81. The molecule has 0 saturated carbocycles. The van der Waals surface area contributed by atoms with E-state index in [1.54, 1.807) is 18.4 Å². The van der Waals surface area contributed by atoms with Crippen molar-refractivity contribution in [3.8, 4) is 11.3 Å². The summed E-state index contributed by atoms with van der Waals surface area (Å²) >= 11 is 5.18. The number of hydrogen-bond donors (Lipinski definition) is 0. The number of nitrogens with zero attached hydrogens (tertiary/aromatic N) is 1. The maximum Gasteiger partial charge on any atom is 0.125 e. The van der Waals surface area contributed by atoms with Gasteiger partial charge in [0.15, 0.2) is 0 Å². The van der Waals surface area contributed by atoms with E-state index in [1.807, 2.05) is 12.1 Å². The fourth-order valence-electron chi connectivity index (χ4n) is 1.88. The van der Waals surface area contributed by atoms with E-state index in [0.717, 1.165) is 27.2 Å². The van der Waals surface area contributed by atoms with Gasteiger partial charge in [-0.1, -0.05) is 35.0 Å². The summed E-state index contributed by atoms with van der Waals surface area (Å²) in [7, 11) is 1.75. The van der Waals surface area contributed by atoms with Crippen molar-refractivity contribution in [1.82, 2.24) is 4.98 Å². The van der Waals surface area contributed by atoms with Gasteiger partial charge in [0.25, 0.3) is 0 Å². The highest BCUT2D eigenvalue weighted by Gasteiger charge is 2.28. The first kappa shape index (κ1) is 14.7. The summed E-state index contributed by atoms with van der Waals surface area (Å²) in [5.41, 5.74) is 1.92. The number of benzene rings is 1. The molecule has 2 rings (SSSR count). The molecule has 0 bridgehead atoms. The molecule has 1 atom stereocenters. The van der Waals surface area contributed by atoms with Crippen LogP contribution in [0, 0.1) is 6.92 Å². The third kappa shape index (κ3) is 2.91. The zero-order valence-electron chi connectivity index (χ0n) is 11.7. The van der Waals surface area contributed by atoms with E-state index < -0.39 is 0 Å². The van der Waals surface area contributed by atoms with Gasteiger partial charge in [0.2, 0.25) is 0 Å². The summed E-state index contributed by atoms with van der Waals surface area (Å²) in [6, 6.07) is 8.27. The van der Waals surface area contributed by atoms with Crippen molar-refractivity contribution in [2.75, 3.05) is 7.11 Å². The summed E-state index contributed by atoms with van der Waals surface area (Å²) in [6.45, 7) is 6.33. The second-order valence-corrected chi connectivity index (χ2v) is 6.84. The third-order valence-corrected chi connectivity index (χ3v) is 5.24. The molecule has 0 saturated heterocycles. The molecule has 2 nitrogen and oxygen atoms in total. The van der Waals surface area contributed by atoms with Crippen LogP contribution in [0.15, 0.2) is 28.7 Å². The highest BCUT2D eigenvalue weighted by molar-refractivity contribution is 9.10. The molecule has 1 aromatic heterocycles. The Morgan fingerprint density at radius 1 is 1.32 bits per heavy atom. The molecule has 4 heteroatoms. The number of rotatable bonds is 4. The van der Waals surface area contributed by atoms with Crippen molar-refractivity contribution in [2.45, 2.75) is 32.8 Å². The molecule has 0 amide bonds. The number of aromatic nitrogens is 1. The average molecular weight is 340 g/mol. The predicted octanol–water partition coefficient (Wildman–Crippen LogP) is 5.15. The van der Waals surface area contributed by atoms with E-state index in [0.29, 0.717) is 0 Å². The topological polar surface area (TPSA) is 22.1 Å². The first-order valence-corrected chi connectivity index (χ1v) is 7.90. The standard InChI is InChI=1S/C15H18BrNOS/c1-5-15(3,18-4)14-17-13(10(2)19-14)11-6-8-12(16)9-7-11/h6-9H,5H2,1-4H3. The van der Waals surface area contributed by atoms with Crippen LogP contribution in [0.4, 0.5) is 0 Å². The summed E-state index contributed by atoms with van der Waals surface area (Å²) in [6.07, 6.45) is 0.913. The summed E-state index contributed by atoms with van der Waals surface area (Å²) in [5, 5.41) is 1.05. The summed E-state index contributed by atoms with van der Waals surface area (Å²) in [5.74, 6) is 0. The molecule has 0 aliphatic heterocycles. The molecule has 19 heavy (non-hydrogen) atoms. The Bertz CT molecular complexity index is 558. The number of methoxy groups -OCH3 is 1. The van der Waals surface area contributed by atoms with E-state index in [9.17, 15) is 0 Å². The Labute approximate surface area is 127 Å². The van der Waals surface area contributed by atoms with Gasteiger partial charge < -0.3 is 4.74 Å². The minimum absolute atomic E-state index is 0.289. The molecule has 1 unspecified atom stereocenters. The molecule has 0 spiro atoms. The monoisotopic (exact) mass is 339 g/mol. The third-order valence-electron chi connectivity index (χ3n) is 3.49. The van der Waals surface area contributed by atoms with Crippen LogP contribution in [0.5, 0.6) is 0 Å². The van der Waals surface area contributed by atoms with Crippen LogP contribution in [0.25, 0.3) is 11.3 Å². The van der Waals surface area contributed by atoms with E-state index >= 15 is 0 Å². The Morgan fingerprint density at radius 2 is 1.95 bits per heavy atom. The van der Waals surface area contributed by atoms with Gasteiger partial charge in [-0.15, -0.1) is 11.3 Å². The SMILES string of the molecule is CCC(C)(OC)c1nc(-c2ccc(Br)cc2)c(C)s1. The Kier molecular flexibility index (Phi) is 4.43. The van der Waals surface area contributed by atoms with Crippen molar-refractivity contribution in [3.05, 3.63) is 38.6 Å². The van der Waals surface area contributed by atoms with Crippen molar-refractivity contribution >= 4 is 27.3 Å². The number of thiazole rings is 1. The van der Waals surface area contributed by atoms with Gasteiger partial charge in [0.1, 0.15) is 10.6 Å². The Balaban J connectivity index is 2.44. The Hall–Kier alpha value is -0.710. The second-order valence-electron chi connectivity index (χ2n) is 4.72. The van der Waals surface area contributed by atoms with Crippen LogP contribution in [0.1, 0.15) is 30.2 Å². The lowest BCUT2D eigenvalue weighted by molar-refractivity contribution is -0.00149. The number of halogens is 1. The van der Waals surface area contributed by atoms with Crippen molar-refractivity contribution < 1.29 is 4.74 Å². The first-order valence-electron chi connectivity index (χ1n) is 6.29. The molecule has 0 N–H and O–H groups in total. The molecule has 0 aliphatic rings. The van der Waals surface area contributed by atoms with Gasteiger partial charge in [-0.3, -0.25) is 0 Å². The van der Waals surface area contributed by atoms with Crippen molar-refractivity contribution in [2.24, 2.45) is 0 Å². The van der Waals surface area contributed by atoms with Crippen LogP contribution in [0.2, 0.25) is 0 Å². The minimum Gasteiger partial charge on any atom is -0.371 e. The van der Waals surface area contributed by atoms with Gasteiger partial charge in [0.05, 0.1) is 5.69 Å². The van der Waals surface area contributed by atoms with Crippen LogP contribution < -0.4 is 0 Å². The summed E-state index contributed by atoms with van der Waals surface area (Å²) < 4.78 is 6.72. The molecule has 1 heterocycles. The van der Waals surface area contributed by atoms with Crippen molar-refractivity contribution in [3.63, 3.8) is 0 Å². The van der Waals surface area contributed by atoms with E-state index in [1.165, 1.54) is 4.88 Å². The first-order chi connectivity index (χ1) is 9.00. The van der Waals surface area contributed by atoms with Crippen LogP contribution in [0.3, 0.4) is 0 Å². The largest absolute Gasteiger partial charge is 0.371 e. The smallest absolute Gasteiger partial charge is 0.125 e. The van der Waals surface area contributed by atoms with Gasteiger partial charge in [-0.2, -0.15) is 0 Å². The lowest BCUT2D eigenvalue weighted by atomic mass is 10.0. The molecule has 2 aromatic rings. The highest BCUT2D eigenvalue weighted by atomic mass is 79.9. The van der Waals surface area contributed by atoms with E-state index in [-0.39, 0.29) is 5.60 Å². The maximum atomic E-state index is 5.64. The maximum absolute atomic E-state index is 5.64. The van der Waals surface area contributed by atoms with Crippen LogP contribution >= 0.6 is 27.3 Å². The number of aryl methyl sites for hydroxylation is 1. The van der Waals surface area contributed by atoms with E-state index in [4.69, 9.17) is 9.72 Å². The van der Waals surface area contributed by atoms with Gasteiger partial charge >= 0.3 is 0 Å². The minimum atomic E-state index is -0.289. The zero-order valence-corrected chi connectivity index (χ0v) is 14.1. The normalized spacial score (nSPS) is 14.4. The van der Waals surface area contributed by atoms with Gasteiger partial charge in [-0.05, 0) is 32.4 Å². The number of hydrogen-bond acceptors (Lipinski definition) is 3. The molecule has 1 aromatic carbocycles. The fourth-order valence-corrected chi connectivity index (χ4v) is 3.28. The lowest BCUT2D eigenvalue weighted by Gasteiger charge is -2.23. The quantitative estimate of drug-likeness (QED) is 0.768. The lowest BCUT2D eigenvalue weighted by Crippen LogP contribution is -2.22. The molecule has 0 radical (unpaired) electrons. The predicted molar refractivity (Wildman–Crippen MR) is 84.6 cm³/mol. The zero-order chi connectivity index (χ0) is 14.0. The second kappa shape index (κ2) is 5.73. The number of ether oxygens (including phenoxy) is 1. The molecule has 102 valence electrons. The highest BCUT2D eigenvalue weighted by Crippen LogP contribution is 2.36. The molecule has 0 aliphatic carbocycles. The fraction of sp³-hybridized carbons (Fsp3) is 0.400. The van der Waals surface area contributed by atoms with Crippen LogP contribution in [-0.4, -0.2) is 12.1 Å². The van der Waals surface area contributed by atoms with E-state index in [2.05, 4.69) is 48.8 Å². The molecular formula is C15H18BrNOS. The van der Waals surface area contributed by atoms with Crippen molar-refractivity contribution in [1.29, 1.82) is 0 Å². The van der Waals surface area contributed by atoms with Gasteiger partial charge in [0, 0.05) is 22.0 Å².